The van der Waals surface area contributed by atoms with E-state index in [9.17, 15) is 0 Å². The van der Waals surface area contributed by atoms with Gasteiger partial charge in [0.1, 0.15) is 22.9 Å². The molecule has 0 aliphatic heterocycles. The van der Waals surface area contributed by atoms with Crippen molar-refractivity contribution < 1.29 is 9.15 Å². The molecule has 0 radical (unpaired) electrons. The number of benzene rings is 1. The fraction of sp³-hybridized carbons (Fsp3) is 0.278. The Hall–Kier alpha value is -2.01. The van der Waals surface area contributed by atoms with Crippen LogP contribution in [0.1, 0.15) is 6.42 Å². The Labute approximate surface area is 144 Å². The lowest BCUT2D eigenvalue weighted by atomic mass is 10.2. The number of aromatic nitrogens is 1. The van der Waals surface area contributed by atoms with Crippen LogP contribution in [0.25, 0.3) is 22.3 Å². The molecule has 0 unspecified atom stereocenters. The highest BCUT2D eigenvalue weighted by Gasteiger charge is 2.08. The Kier molecular flexibility index (Phi) is 4.86. The van der Waals surface area contributed by atoms with Crippen molar-refractivity contribution in [2.24, 2.45) is 0 Å². The van der Waals surface area contributed by atoms with Crippen molar-refractivity contribution in [1.82, 2.24) is 4.98 Å². The molecule has 4 nitrogen and oxygen atoms in total. The van der Waals surface area contributed by atoms with Crippen LogP contribution >= 0.6 is 15.9 Å². The van der Waals surface area contributed by atoms with E-state index in [-0.39, 0.29) is 0 Å². The summed E-state index contributed by atoms with van der Waals surface area (Å²) in [6.07, 6.45) is 2.82. The maximum absolute atomic E-state index is 5.92. The summed E-state index contributed by atoms with van der Waals surface area (Å²) in [5, 5.41) is 1.98. The highest BCUT2D eigenvalue weighted by molar-refractivity contribution is 9.09. The van der Waals surface area contributed by atoms with Crippen LogP contribution in [0.4, 0.5) is 5.82 Å². The first kappa shape index (κ1) is 15.9. The minimum Gasteiger partial charge on any atom is -0.494 e. The average molecular weight is 375 g/mol. The molecule has 0 saturated heterocycles. The second-order valence-corrected chi connectivity index (χ2v) is 6.29. The molecule has 0 atom stereocenters. The van der Waals surface area contributed by atoms with Crippen LogP contribution in [-0.4, -0.2) is 31.0 Å². The van der Waals surface area contributed by atoms with Gasteiger partial charge in [-0.15, -0.1) is 0 Å². The number of alkyl halides is 1. The molecule has 0 spiro atoms. The van der Waals surface area contributed by atoms with Crippen LogP contribution in [0, 0.1) is 0 Å². The normalized spacial score (nSPS) is 10.9. The molecular formula is C18H19BrN2O2. The van der Waals surface area contributed by atoms with Gasteiger partial charge in [0.15, 0.2) is 0 Å². The van der Waals surface area contributed by atoms with Crippen molar-refractivity contribution in [3.63, 3.8) is 0 Å². The van der Waals surface area contributed by atoms with Crippen LogP contribution in [0.2, 0.25) is 0 Å². The SMILES string of the molecule is CN(C)c1ccc(-c2cc3cc(OCCCBr)ccc3o2)cn1. The maximum atomic E-state index is 5.92. The third-order valence-corrected chi connectivity index (χ3v) is 4.09. The molecule has 0 aliphatic carbocycles. The molecule has 23 heavy (non-hydrogen) atoms. The van der Waals surface area contributed by atoms with Gasteiger partial charge in [0.2, 0.25) is 0 Å². The molecule has 3 rings (SSSR count). The third-order valence-electron chi connectivity index (χ3n) is 3.53. The summed E-state index contributed by atoms with van der Waals surface area (Å²) in [6.45, 7) is 0.706. The third kappa shape index (κ3) is 3.67. The molecular weight excluding hydrogens is 356 g/mol. The Balaban J connectivity index is 1.84. The van der Waals surface area contributed by atoms with Crippen molar-refractivity contribution >= 4 is 32.7 Å². The fourth-order valence-corrected chi connectivity index (χ4v) is 2.52. The molecule has 2 heterocycles. The predicted molar refractivity (Wildman–Crippen MR) is 97.7 cm³/mol. The maximum Gasteiger partial charge on any atom is 0.136 e. The first-order chi connectivity index (χ1) is 11.2. The zero-order valence-electron chi connectivity index (χ0n) is 13.3. The smallest absolute Gasteiger partial charge is 0.136 e. The van der Waals surface area contributed by atoms with Crippen LogP contribution in [0.15, 0.2) is 47.0 Å². The minimum atomic E-state index is 0.706. The zero-order valence-corrected chi connectivity index (χ0v) is 14.8. The molecule has 0 amide bonds. The van der Waals surface area contributed by atoms with E-state index < -0.39 is 0 Å². The van der Waals surface area contributed by atoms with Gasteiger partial charge in [0.25, 0.3) is 0 Å². The van der Waals surface area contributed by atoms with E-state index in [2.05, 4.69) is 20.9 Å². The van der Waals surface area contributed by atoms with Crippen molar-refractivity contribution in [2.45, 2.75) is 6.42 Å². The van der Waals surface area contributed by atoms with Crippen LogP contribution < -0.4 is 9.64 Å². The topological polar surface area (TPSA) is 38.5 Å². The molecule has 0 fully saturated rings. The second-order valence-electron chi connectivity index (χ2n) is 5.50. The zero-order chi connectivity index (χ0) is 16.2. The highest BCUT2D eigenvalue weighted by atomic mass is 79.9. The van der Waals surface area contributed by atoms with Gasteiger partial charge >= 0.3 is 0 Å². The molecule has 5 heteroatoms. The summed E-state index contributed by atoms with van der Waals surface area (Å²) in [5.74, 6) is 2.61. The highest BCUT2D eigenvalue weighted by Crippen LogP contribution is 2.30. The first-order valence-corrected chi connectivity index (χ1v) is 8.65. The molecule has 1 aromatic carbocycles. The predicted octanol–water partition coefficient (Wildman–Crippen LogP) is 4.72. The Morgan fingerprint density at radius 2 is 2.04 bits per heavy atom. The van der Waals surface area contributed by atoms with E-state index in [0.717, 1.165) is 45.6 Å². The van der Waals surface area contributed by atoms with Crippen molar-refractivity contribution in [3.8, 4) is 17.1 Å². The molecule has 2 aromatic heterocycles. The van der Waals surface area contributed by atoms with Crippen LogP contribution in [-0.2, 0) is 0 Å². The lowest BCUT2D eigenvalue weighted by Crippen LogP contribution is -2.09. The quantitative estimate of drug-likeness (QED) is 0.461. The van der Waals surface area contributed by atoms with Crippen molar-refractivity contribution in [1.29, 1.82) is 0 Å². The lowest BCUT2D eigenvalue weighted by Gasteiger charge is -2.10. The second kappa shape index (κ2) is 7.04. The van der Waals surface area contributed by atoms with Gasteiger partial charge in [-0.25, -0.2) is 4.98 Å². The van der Waals surface area contributed by atoms with E-state index in [4.69, 9.17) is 9.15 Å². The Bertz CT molecular complexity index is 781. The standard InChI is InChI=1S/C18H19BrN2O2/c1-21(2)18-7-4-13(12-20-18)17-11-14-10-15(22-9-3-8-19)5-6-16(14)23-17/h4-7,10-12H,3,8-9H2,1-2H3. The van der Waals surface area contributed by atoms with E-state index >= 15 is 0 Å². The number of fused-ring (bicyclic) bond motifs is 1. The van der Waals surface area contributed by atoms with E-state index in [1.807, 2.05) is 61.6 Å². The van der Waals surface area contributed by atoms with Gasteiger partial charge in [-0.1, -0.05) is 15.9 Å². The van der Waals surface area contributed by atoms with E-state index in [1.165, 1.54) is 0 Å². The molecule has 3 aromatic rings. The summed E-state index contributed by atoms with van der Waals surface area (Å²) in [5.41, 5.74) is 1.82. The Morgan fingerprint density at radius 1 is 1.17 bits per heavy atom. The lowest BCUT2D eigenvalue weighted by molar-refractivity contribution is 0.319. The summed E-state index contributed by atoms with van der Waals surface area (Å²) >= 11 is 3.40. The summed E-state index contributed by atoms with van der Waals surface area (Å²) in [4.78, 5) is 6.40. The van der Waals surface area contributed by atoms with Crippen LogP contribution in [0.3, 0.4) is 0 Å². The summed E-state index contributed by atoms with van der Waals surface area (Å²) < 4.78 is 11.6. The van der Waals surface area contributed by atoms with E-state index in [0.29, 0.717) is 6.61 Å². The number of rotatable bonds is 6. The summed E-state index contributed by atoms with van der Waals surface area (Å²) in [6, 6.07) is 11.9. The fourth-order valence-electron chi connectivity index (χ4n) is 2.29. The van der Waals surface area contributed by atoms with Gasteiger partial charge in [-0.3, -0.25) is 0 Å². The molecule has 0 saturated carbocycles. The molecule has 0 bridgehead atoms. The first-order valence-electron chi connectivity index (χ1n) is 7.53. The van der Waals surface area contributed by atoms with Crippen molar-refractivity contribution in [3.05, 3.63) is 42.6 Å². The molecule has 0 aliphatic rings. The number of furan rings is 1. The molecule has 120 valence electrons. The summed E-state index contributed by atoms with van der Waals surface area (Å²) in [7, 11) is 3.95. The number of anilines is 1. The number of halogens is 1. The average Bonchev–Trinajstić information content (AvgIpc) is 2.98. The van der Waals surface area contributed by atoms with Crippen molar-refractivity contribution in [2.75, 3.05) is 30.9 Å². The molecule has 0 N–H and O–H groups in total. The van der Waals surface area contributed by atoms with Gasteiger partial charge in [0, 0.05) is 36.6 Å². The van der Waals surface area contributed by atoms with Gasteiger partial charge in [-0.2, -0.15) is 0 Å². The Morgan fingerprint density at radius 3 is 2.74 bits per heavy atom. The number of nitrogens with zero attached hydrogens (tertiary/aromatic N) is 2. The number of pyridine rings is 1. The van der Waals surface area contributed by atoms with Gasteiger partial charge in [-0.05, 0) is 42.8 Å². The number of hydrogen-bond donors (Lipinski definition) is 0. The van der Waals surface area contributed by atoms with E-state index in [1.54, 1.807) is 0 Å². The monoisotopic (exact) mass is 374 g/mol. The van der Waals surface area contributed by atoms with Gasteiger partial charge in [0.05, 0.1) is 6.61 Å². The number of ether oxygens (including phenoxy) is 1. The van der Waals surface area contributed by atoms with Crippen LogP contribution in [0.5, 0.6) is 5.75 Å². The number of hydrogen-bond acceptors (Lipinski definition) is 4. The minimum absolute atomic E-state index is 0.706. The van der Waals surface area contributed by atoms with Gasteiger partial charge < -0.3 is 14.1 Å². The largest absolute Gasteiger partial charge is 0.494 e.